The SMILES string of the molecule is COC1OC(CO[C@@H]2O[C@H](COC(=O)c3ccccc3)[C@@H](OC(=O)c3ccccc3)[C@H](OC(=O)c3ccccc3)[C@@H]2C(F)(F)F)C(OC(=O)c2ccccc2)C(OC(=O)c2ccccc2)C1OC(=O)c1ccccc1. The minimum absolute atomic E-state index is 0.00766. The Kier molecular flexibility index (Phi) is 17.5. The number of hydrogen-bond acceptors (Lipinski definition) is 16. The molecule has 75 heavy (non-hydrogen) atoms. The fourth-order valence-electron chi connectivity index (χ4n) is 8.24. The maximum Gasteiger partial charge on any atom is 0.400 e. The summed E-state index contributed by atoms with van der Waals surface area (Å²) in [5.41, 5.74) is -0.181. The standard InChI is InChI=1S/C56H47F3O16/c1-66-55-47(75-53(65)39-30-18-7-19-31-39)46(74-52(64)38-28-16-6-17-29-38)44(72-50(62)36-24-12-4-13-25-36)41(70-55)33-68-54-42(56(57,58)59)45(73-51(63)37-26-14-5-15-27-37)43(71-49(61)35-22-10-3-11-23-35)40(69-54)32-67-48(60)34-20-8-2-9-21-34/h2-31,40-47,54-55H,32-33H2,1H3/t40-,41?,42+,43-,44?,45-,46?,47?,54-,55?/m1/s1. The minimum Gasteiger partial charge on any atom is -0.459 e. The van der Waals surface area contributed by atoms with Gasteiger partial charge in [-0.1, -0.05) is 109 Å². The third-order valence-electron chi connectivity index (χ3n) is 11.9. The molecule has 0 aliphatic carbocycles. The lowest BCUT2D eigenvalue weighted by Gasteiger charge is -2.47. The number of carbonyl (C=O) groups excluding carboxylic acids is 6. The Morgan fingerprint density at radius 2 is 0.680 bits per heavy atom. The van der Waals surface area contributed by atoms with Crippen molar-refractivity contribution in [3.05, 3.63) is 215 Å². The van der Waals surface area contributed by atoms with E-state index < -0.39 is 116 Å². The smallest absolute Gasteiger partial charge is 0.400 e. The molecule has 16 nitrogen and oxygen atoms in total. The monoisotopic (exact) mass is 1030 g/mol. The van der Waals surface area contributed by atoms with E-state index in [1.165, 1.54) is 109 Å². The van der Waals surface area contributed by atoms with Gasteiger partial charge in [0.25, 0.3) is 0 Å². The first kappa shape index (κ1) is 53.1. The number of carbonyl (C=O) groups is 6. The highest BCUT2D eigenvalue weighted by molar-refractivity contribution is 5.92. The van der Waals surface area contributed by atoms with Crippen molar-refractivity contribution >= 4 is 35.8 Å². The highest BCUT2D eigenvalue weighted by Crippen LogP contribution is 2.43. The molecule has 0 N–H and O–H groups in total. The van der Waals surface area contributed by atoms with E-state index in [1.54, 1.807) is 72.8 Å². The lowest BCUT2D eigenvalue weighted by molar-refractivity contribution is -0.354. The molecule has 6 aromatic carbocycles. The zero-order valence-electron chi connectivity index (χ0n) is 39.7. The first-order valence-corrected chi connectivity index (χ1v) is 23.3. The summed E-state index contributed by atoms with van der Waals surface area (Å²) in [6.45, 7) is -1.91. The zero-order valence-corrected chi connectivity index (χ0v) is 39.7. The van der Waals surface area contributed by atoms with Crippen LogP contribution < -0.4 is 0 Å². The van der Waals surface area contributed by atoms with E-state index in [4.69, 9.17) is 47.4 Å². The van der Waals surface area contributed by atoms with E-state index in [1.807, 2.05) is 0 Å². The first-order valence-electron chi connectivity index (χ1n) is 23.3. The molecule has 8 rings (SSSR count). The molecular formula is C56H47F3O16. The molecule has 5 unspecified atom stereocenters. The molecule has 2 aliphatic rings. The number of ether oxygens (including phenoxy) is 10. The Balaban J connectivity index is 1.19. The van der Waals surface area contributed by atoms with Crippen molar-refractivity contribution in [1.82, 2.24) is 0 Å². The number of alkyl halides is 3. The van der Waals surface area contributed by atoms with Gasteiger partial charge in [0.15, 0.2) is 43.1 Å². The maximum atomic E-state index is 16.0. The van der Waals surface area contributed by atoms with Crippen LogP contribution >= 0.6 is 0 Å². The van der Waals surface area contributed by atoms with Crippen LogP contribution in [0.25, 0.3) is 0 Å². The number of hydrogen-bond donors (Lipinski definition) is 0. The van der Waals surface area contributed by atoms with Crippen molar-refractivity contribution in [2.45, 2.75) is 61.5 Å². The molecule has 0 spiro atoms. The Morgan fingerprint density at radius 1 is 0.387 bits per heavy atom. The van der Waals surface area contributed by atoms with E-state index in [0.29, 0.717) is 0 Å². The van der Waals surface area contributed by atoms with Crippen LogP contribution in [0.3, 0.4) is 0 Å². The van der Waals surface area contributed by atoms with Crippen molar-refractivity contribution in [1.29, 1.82) is 0 Å². The van der Waals surface area contributed by atoms with Gasteiger partial charge < -0.3 is 47.4 Å². The fourth-order valence-corrected chi connectivity index (χ4v) is 8.24. The molecular weight excluding hydrogens is 986 g/mol. The van der Waals surface area contributed by atoms with E-state index in [0.717, 1.165) is 7.11 Å². The molecule has 10 atom stereocenters. The van der Waals surface area contributed by atoms with Gasteiger partial charge in [-0.15, -0.1) is 0 Å². The summed E-state index contributed by atoms with van der Waals surface area (Å²) in [6.07, 6.45) is -23.3. The van der Waals surface area contributed by atoms with Crippen molar-refractivity contribution in [2.24, 2.45) is 5.92 Å². The van der Waals surface area contributed by atoms with E-state index in [-0.39, 0.29) is 33.4 Å². The van der Waals surface area contributed by atoms with Gasteiger partial charge in [-0.05, 0) is 72.8 Å². The topological polar surface area (TPSA) is 195 Å². The van der Waals surface area contributed by atoms with Gasteiger partial charge in [-0.3, -0.25) is 0 Å². The van der Waals surface area contributed by atoms with Gasteiger partial charge in [-0.2, -0.15) is 13.2 Å². The molecule has 0 saturated carbocycles. The van der Waals surface area contributed by atoms with Crippen LogP contribution in [0.15, 0.2) is 182 Å². The van der Waals surface area contributed by atoms with Crippen molar-refractivity contribution in [2.75, 3.05) is 20.3 Å². The van der Waals surface area contributed by atoms with E-state index >= 15 is 13.2 Å². The molecule has 2 aliphatic heterocycles. The third kappa shape index (κ3) is 13.3. The second-order valence-corrected chi connectivity index (χ2v) is 16.9. The van der Waals surface area contributed by atoms with Gasteiger partial charge in [0.1, 0.15) is 24.7 Å². The summed E-state index contributed by atoms with van der Waals surface area (Å²) in [5.74, 6) is -9.32. The predicted molar refractivity (Wildman–Crippen MR) is 255 cm³/mol. The Bertz CT molecular complexity index is 2860. The van der Waals surface area contributed by atoms with Gasteiger partial charge in [0.2, 0.25) is 0 Å². The van der Waals surface area contributed by atoms with Crippen LogP contribution in [0.2, 0.25) is 0 Å². The second kappa shape index (κ2) is 24.7. The Hall–Kier alpha value is -8.23. The van der Waals surface area contributed by atoms with Crippen LogP contribution in [-0.2, 0) is 47.4 Å². The fraction of sp³-hybridized carbons (Fsp3) is 0.250. The van der Waals surface area contributed by atoms with Gasteiger partial charge in [-0.25, -0.2) is 28.8 Å². The highest BCUT2D eigenvalue weighted by atomic mass is 19.4. The largest absolute Gasteiger partial charge is 0.459 e. The van der Waals surface area contributed by atoms with Crippen molar-refractivity contribution in [3.8, 4) is 0 Å². The normalized spacial score (nSPS) is 23.4. The lowest BCUT2D eigenvalue weighted by atomic mass is 9.89. The maximum absolute atomic E-state index is 16.0. The average molecular weight is 1030 g/mol. The van der Waals surface area contributed by atoms with Crippen LogP contribution in [0.4, 0.5) is 13.2 Å². The van der Waals surface area contributed by atoms with Crippen LogP contribution in [0, 0.1) is 5.92 Å². The first-order chi connectivity index (χ1) is 36.3. The third-order valence-corrected chi connectivity index (χ3v) is 11.9. The molecule has 19 heteroatoms. The summed E-state index contributed by atoms with van der Waals surface area (Å²) >= 11 is 0. The lowest BCUT2D eigenvalue weighted by Crippen LogP contribution is -2.65. The average Bonchev–Trinajstić information content (AvgIpc) is 3.44. The number of methoxy groups -OCH3 is 1. The van der Waals surface area contributed by atoms with Crippen LogP contribution in [0.5, 0.6) is 0 Å². The van der Waals surface area contributed by atoms with Crippen molar-refractivity contribution in [3.63, 3.8) is 0 Å². The van der Waals surface area contributed by atoms with Gasteiger partial charge in [0.05, 0.1) is 40.0 Å². The molecule has 2 heterocycles. The molecule has 6 aromatic rings. The molecule has 0 amide bonds. The molecule has 0 aromatic heterocycles. The number of halogens is 3. The van der Waals surface area contributed by atoms with E-state index in [9.17, 15) is 28.8 Å². The van der Waals surface area contributed by atoms with Gasteiger partial charge >= 0.3 is 42.0 Å². The van der Waals surface area contributed by atoms with Crippen LogP contribution in [-0.4, -0.2) is 118 Å². The summed E-state index contributed by atoms with van der Waals surface area (Å²) in [5, 5.41) is 0. The molecule has 2 saturated heterocycles. The number of benzene rings is 6. The number of esters is 6. The van der Waals surface area contributed by atoms with Crippen LogP contribution in [0.1, 0.15) is 62.1 Å². The molecule has 388 valence electrons. The Morgan fingerprint density at radius 3 is 1.04 bits per heavy atom. The Labute approximate surface area is 427 Å². The summed E-state index contributed by atoms with van der Waals surface area (Å²) in [6, 6.07) is 44.5. The summed E-state index contributed by atoms with van der Waals surface area (Å²) < 4.78 is 107. The summed E-state index contributed by atoms with van der Waals surface area (Å²) in [7, 11) is 1.14. The summed E-state index contributed by atoms with van der Waals surface area (Å²) in [4.78, 5) is 82.7. The second-order valence-electron chi connectivity index (χ2n) is 16.9. The minimum atomic E-state index is -5.40. The quantitative estimate of drug-likeness (QED) is 0.0625. The van der Waals surface area contributed by atoms with Gasteiger partial charge in [0, 0.05) is 7.11 Å². The zero-order chi connectivity index (χ0) is 52.9. The number of rotatable bonds is 17. The predicted octanol–water partition coefficient (Wildman–Crippen LogP) is 8.26. The van der Waals surface area contributed by atoms with Crippen molar-refractivity contribution < 1.29 is 89.3 Å². The molecule has 0 radical (unpaired) electrons. The molecule has 2 fully saturated rings. The van der Waals surface area contributed by atoms with E-state index in [2.05, 4.69) is 0 Å². The highest BCUT2D eigenvalue weighted by Gasteiger charge is 2.62. The molecule has 0 bridgehead atoms.